The summed E-state index contributed by atoms with van der Waals surface area (Å²) in [6, 6.07) is 46.4. The van der Waals surface area contributed by atoms with Crippen LogP contribution in [-0.4, -0.2) is 9.55 Å². The third-order valence-electron chi connectivity index (χ3n) is 8.37. The molecule has 0 saturated heterocycles. The smallest absolute Gasteiger partial charge is 0.0963 e. The minimum absolute atomic E-state index is 1.04. The Morgan fingerprint density at radius 2 is 1.15 bits per heavy atom. The van der Waals surface area contributed by atoms with Crippen LogP contribution in [-0.2, 0) is 0 Å². The Bertz CT molecular complexity index is 2240. The molecule has 0 fully saturated rings. The van der Waals surface area contributed by atoms with Crippen molar-refractivity contribution in [1.29, 1.82) is 0 Å². The Kier molecular flexibility index (Phi) is 4.08. The monoisotopic (exact) mass is 494 g/mol. The normalized spacial score (nSPS) is 12.1. The molecule has 2 heterocycles. The molecule has 0 spiro atoms. The molecular formula is C37H22N2. The van der Waals surface area contributed by atoms with Crippen molar-refractivity contribution in [2.45, 2.75) is 0 Å². The first kappa shape index (κ1) is 20.8. The van der Waals surface area contributed by atoms with E-state index >= 15 is 0 Å². The van der Waals surface area contributed by atoms with E-state index in [9.17, 15) is 0 Å². The minimum atomic E-state index is 1.04. The third-order valence-corrected chi connectivity index (χ3v) is 8.37. The van der Waals surface area contributed by atoms with E-state index in [0.29, 0.717) is 0 Å². The van der Waals surface area contributed by atoms with Gasteiger partial charge in [-0.2, -0.15) is 0 Å². The van der Waals surface area contributed by atoms with Crippen LogP contribution >= 0.6 is 0 Å². The van der Waals surface area contributed by atoms with E-state index in [2.05, 4.69) is 126 Å². The molecule has 39 heavy (non-hydrogen) atoms. The predicted octanol–water partition coefficient (Wildman–Crippen LogP) is 9.80. The molecule has 2 nitrogen and oxygen atoms in total. The lowest BCUT2D eigenvalue weighted by Crippen LogP contribution is -1.94. The second-order valence-corrected chi connectivity index (χ2v) is 10.4. The maximum absolute atomic E-state index is 4.78. The molecule has 2 aromatic heterocycles. The van der Waals surface area contributed by atoms with Crippen molar-refractivity contribution in [2.24, 2.45) is 0 Å². The van der Waals surface area contributed by atoms with Crippen LogP contribution in [0.15, 0.2) is 134 Å². The zero-order chi connectivity index (χ0) is 25.5. The van der Waals surface area contributed by atoms with Gasteiger partial charge in [-0.05, 0) is 91.3 Å². The molecular weight excluding hydrogens is 472 g/mol. The number of aromatic nitrogens is 2. The van der Waals surface area contributed by atoms with Crippen molar-refractivity contribution in [3.05, 3.63) is 134 Å². The second kappa shape index (κ2) is 7.66. The van der Waals surface area contributed by atoms with Gasteiger partial charge in [-0.25, -0.2) is 0 Å². The van der Waals surface area contributed by atoms with E-state index in [-0.39, 0.29) is 0 Å². The molecule has 1 aliphatic carbocycles. The summed E-state index contributed by atoms with van der Waals surface area (Å²) in [5.41, 5.74) is 12.3. The Labute approximate surface area is 225 Å². The van der Waals surface area contributed by atoms with Gasteiger partial charge in [-0.3, -0.25) is 4.98 Å². The van der Waals surface area contributed by atoms with Gasteiger partial charge in [0.1, 0.15) is 0 Å². The highest BCUT2D eigenvalue weighted by molar-refractivity contribution is 6.18. The molecule has 2 heteroatoms. The Hall–Kier alpha value is -5.21. The number of hydrogen-bond donors (Lipinski definition) is 0. The Morgan fingerprint density at radius 1 is 0.462 bits per heavy atom. The maximum atomic E-state index is 4.78. The number of pyridine rings is 1. The molecule has 0 unspecified atom stereocenters. The quantitative estimate of drug-likeness (QED) is 0.234. The first-order valence-electron chi connectivity index (χ1n) is 13.4. The predicted molar refractivity (Wildman–Crippen MR) is 163 cm³/mol. The zero-order valence-corrected chi connectivity index (χ0v) is 21.1. The van der Waals surface area contributed by atoms with Crippen molar-refractivity contribution in [2.75, 3.05) is 0 Å². The zero-order valence-electron chi connectivity index (χ0n) is 21.1. The average molecular weight is 495 g/mol. The molecule has 0 radical (unpaired) electrons. The number of rotatable bonds is 2. The van der Waals surface area contributed by atoms with Gasteiger partial charge in [-0.15, -0.1) is 0 Å². The van der Waals surface area contributed by atoms with E-state index < -0.39 is 0 Å². The van der Waals surface area contributed by atoms with Crippen LogP contribution in [0.25, 0.3) is 82.5 Å². The molecule has 0 aliphatic heterocycles. The molecule has 0 bridgehead atoms. The fraction of sp³-hybridized carbons (Fsp3) is 0. The summed E-state index contributed by atoms with van der Waals surface area (Å²) in [6.45, 7) is 0. The number of nitrogens with zero attached hydrogens (tertiary/aromatic N) is 2. The molecule has 180 valence electrons. The average Bonchev–Trinajstić information content (AvgIpc) is 3.50. The van der Waals surface area contributed by atoms with Gasteiger partial charge in [0.15, 0.2) is 0 Å². The molecule has 1 aliphatic rings. The van der Waals surface area contributed by atoms with Gasteiger partial charge in [0.2, 0.25) is 0 Å². The van der Waals surface area contributed by atoms with Crippen LogP contribution in [0.1, 0.15) is 0 Å². The van der Waals surface area contributed by atoms with Gasteiger partial charge < -0.3 is 4.57 Å². The number of fused-ring (bicyclic) bond motifs is 7. The Morgan fingerprint density at radius 3 is 1.97 bits per heavy atom. The highest BCUT2D eigenvalue weighted by Gasteiger charge is 2.22. The molecule has 9 rings (SSSR count). The maximum Gasteiger partial charge on any atom is 0.0963 e. The number of benzene rings is 6. The van der Waals surface area contributed by atoms with E-state index in [0.717, 1.165) is 16.7 Å². The van der Waals surface area contributed by atoms with Gasteiger partial charge in [0, 0.05) is 17.3 Å². The summed E-state index contributed by atoms with van der Waals surface area (Å²) in [7, 11) is 0. The summed E-state index contributed by atoms with van der Waals surface area (Å²) in [5.74, 6) is 0. The van der Waals surface area contributed by atoms with Crippen molar-refractivity contribution in [3.63, 3.8) is 0 Å². The van der Waals surface area contributed by atoms with Gasteiger partial charge in [0.25, 0.3) is 0 Å². The minimum Gasteiger partial charge on any atom is -0.308 e. The summed E-state index contributed by atoms with van der Waals surface area (Å²) in [6.07, 6.45) is 1.89. The highest BCUT2D eigenvalue weighted by Crippen LogP contribution is 2.49. The van der Waals surface area contributed by atoms with Gasteiger partial charge in [0.05, 0.1) is 16.6 Å². The van der Waals surface area contributed by atoms with Crippen LogP contribution in [0.4, 0.5) is 0 Å². The van der Waals surface area contributed by atoms with Crippen LogP contribution in [0.3, 0.4) is 0 Å². The molecule has 0 N–H and O–H groups in total. The lowest BCUT2D eigenvalue weighted by atomic mass is 9.94. The summed E-state index contributed by atoms with van der Waals surface area (Å²) in [5, 5.41) is 6.32. The fourth-order valence-electron chi connectivity index (χ4n) is 6.65. The Balaban J connectivity index is 1.24. The van der Waals surface area contributed by atoms with Crippen molar-refractivity contribution >= 4 is 43.5 Å². The van der Waals surface area contributed by atoms with Crippen molar-refractivity contribution < 1.29 is 0 Å². The first-order chi connectivity index (χ1) is 19.3. The molecule has 6 aromatic carbocycles. The van der Waals surface area contributed by atoms with E-state index in [1.807, 2.05) is 12.3 Å². The largest absolute Gasteiger partial charge is 0.308 e. The van der Waals surface area contributed by atoms with E-state index in [1.54, 1.807) is 0 Å². The first-order valence-corrected chi connectivity index (χ1v) is 13.4. The summed E-state index contributed by atoms with van der Waals surface area (Å²) < 4.78 is 2.35. The van der Waals surface area contributed by atoms with Gasteiger partial charge >= 0.3 is 0 Å². The van der Waals surface area contributed by atoms with E-state index in [4.69, 9.17) is 4.98 Å². The standard InChI is InChI=1S/C37H22N2/c1-2-8-25-22-35-33(21-24(25)7-1)37-34(13-6-20-38-37)39(35)26-16-14-23(15-17-26)27-18-19-32-29-10-4-3-9-28(29)31-12-5-11-30(27)36(31)32/h1-22H. The van der Waals surface area contributed by atoms with Gasteiger partial charge in [-0.1, -0.05) is 91.0 Å². The van der Waals surface area contributed by atoms with Crippen LogP contribution < -0.4 is 0 Å². The lowest BCUT2D eigenvalue weighted by Gasteiger charge is -2.12. The number of hydrogen-bond acceptors (Lipinski definition) is 1. The van der Waals surface area contributed by atoms with Crippen molar-refractivity contribution in [3.8, 4) is 39.1 Å². The fourth-order valence-corrected chi connectivity index (χ4v) is 6.65. The van der Waals surface area contributed by atoms with Crippen LogP contribution in [0.2, 0.25) is 0 Å². The second-order valence-electron chi connectivity index (χ2n) is 10.4. The molecule has 8 aromatic rings. The van der Waals surface area contributed by atoms with Crippen LogP contribution in [0, 0.1) is 0 Å². The molecule has 0 saturated carbocycles. The SMILES string of the molecule is c1ccc2c(c1)-c1cccc3c(-c4ccc(-n5c6cc7ccccc7cc6c6ncccc65)cc4)ccc-2c13. The lowest BCUT2D eigenvalue weighted by molar-refractivity contribution is 1.18. The topological polar surface area (TPSA) is 17.8 Å². The van der Waals surface area contributed by atoms with E-state index in [1.165, 1.54) is 65.8 Å². The third kappa shape index (κ3) is 2.83. The van der Waals surface area contributed by atoms with Crippen molar-refractivity contribution in [1.82, 2.24) is 9.55 Å². The summed E-state index contributed by atoms with van der Waals surface area (Å²) >= 11 is 0. The summed E-state index contributed by atoms with van der Waals surface area (Å²) in [4.78, 5) is 4.78. The molecule has 0 atom stereocenters. The van der Waals surface area contributed by atoms with Crippen LogP contribution in [0.5, 0.6) is 0 Å². The molecule has 0 amide bonds. The highest BCUT2D eigenvalue weighted by atomic mass is 15.0.